The average Bonchev–Trinajstić information content (AvgIpc) is 2.43. The zero-order valence-corrected chi connectivity index (χ0v) is 11.2. The van der Waals surface area contributed by atoms with Crippen LogP contribution in [0.1, 0.15) is 0 Å². The van der Waals surface area contributed by atoms with Crippen LogP contribution in [-0.4, -0.2) is 47.6 Å². The van der Waals surface area contributed by atoms with Crippen LogP contribution in [0.3, 0.4) is 0 Å². The first kappa shape index (κ1) is 12.8. The molecular formula is C13H20N2O3. The van der Waals surface area contributed by atoms with Gasteiger partial charge in [-0.25, -0.2) is 0 Å². The van der Waals surface area contributed by atoms with Crippen LogP contribution in [0.25, 0.3) is 0 Å². The van der Waals surface area contributed by atoms with Gasteiger partial charge in [0.15, 0.2) is 11.5 Å². The highest BCUT2D eigenvalue weighted by Crippen LogP contribution is 2.39. The summed E-state index contributed by atoms with van der Waals surface area (Å²) >= 11 is 0. The second-order valence-electron chi connectivity index (χ2n) is 4.13. The Hall–Kier alpha value is -1.62. The van der Waals surface area contributed by atoms with Crippen LogP contribution in [0, 0.1) is 0 Å². The lowest BCUT2D eigenvalue weighted by molar-refractivity contribution is 0.205. The number of ether oxygens (including phenoxy) is 3. The van der Waals surface area contributed by atoms with Crippen molar-refractivity contribution in [2.45, 2.75) is 0 Å². The van der Waals surface area contributed by atoms with Crippen molar-refractivity contribution in [2.24, 2.45) is 0 Å². The van der Waals surface area contributed by atoms with Crippen LogP contribution in [0.4, 0.5) is 11.4 Å². The van der Waals surface area contributed by atoms with Crippen LogP contribution < -0.4 is 19.7 Å². The van der Waals surface area contributed by atoms with Gasteiger partial charge in [0.05, 0.1) is 32.2 Å². The maximum absolute atomic E-state index is 5.34. The molecule has 0 radical (unpaired) electrons. The fourth-order valence-corrected chi connectivity index (χ4v) is 2.15. The molecule has 1 aromatic carbocycles. The van der Waals surface area contributed by atoms with E-state index in [2.05, 4.69) is 10.2 Å². The van der Waals surface area contributed by atoms with E-state index in [1.54, 1.807) is 21.3 Å². The first-order chi connectivity index (χ1) is 8.80. The van der Waals surface area contributed by atoms with E-state index in [0.29, 0.717) is 6.61 Å². The average molecular weight is 252 g/mol. The van der Waals surface area contributed by atoms with Gasteiger partial charge in [-0.1, -0.05) is 0 Å². The lowest BCUT2D eigenvalue weighted by atomic mass is 10.1. The smallest absolute Gasteiger partial charge is 0.162 e. The summed E-state index contributed by atoms with van der Waals surface area (Å²) in [4.78, 5) is 2.29. The molecule has 1 aliphatic rings. The molecule has 18 heavy (non-hydrogen) atoms. The number of nitrogens with one attached hydrogen (secondary N) is 1. The molecule has 0 saturated heterocycles. The molecule has 0 aromatic heterocycles. The summed E-state index contributed by atoms with van der Waals surface area (Å²) in [7, 11) is 5.02. The molecule has 0 unspecified atom stereocenters. The molecule has 5 nitrogen and oxygen atoms in total. The Kier molecular flexibility index (Phi) is 4.15. The molecule has 1 heterocycles. The highest BCUT2D eigenvalue weighted by Gasteiger charge is 2.19. The fraction of sp³-hybridized carbons (Fsp3) is 0.538. The normalized spacial score (nSPS) is 13.8. The summed E-state index contributed by atoms with van der Waals surface area (Å²) in [5.74, 6) is 1.50. The van der Waals surface area contributed by atoms with Gasteiger partial charge in [0, 0.05) is 38.9 Å². The highest BCUT2D eigenvalue weighted by molar-refractivity contribution is 5.76. The summed E-state index contributed by atoms with van der Waals surface area (Å²) in [6, 6.07) is 3.99. The maximum atomic E-state index is 5.34. The Morgan fingerprint density at radius 2 is 1.89 bits per heavy atom. The Balaban J connectivity index is 2.31. The Morgan fingerprint density at radius 3 is 2.56 bits per heavy atom. The number of rotatable bonds is 5. The molecule has 100 valence electrons. The number of hydrogen-bond acceptors (Lipinski definition) is 5. The molecule has 0 bridgehead atoms. The van der Waals surface area contributed by atoms with Crippen LogP contribution in [-0.2, 0) is 4.74 Å². The molecule has 1 aromatic rings. The SMILES string of the molecule is COCCN1CCNc2cc(OC)c(OC)cc21. The first-order valence-corrected chi connectivity index (χ1v) is 6.04. The number of nitrogens with zero attached hydrogens (tertiary/aromatic N) is 1. The summed E-state index contributed by atoms with van der Waals surface area (Å²) in [6.45, 7) is 3.48. The van der Waals surface area contributed by atoms with Crippen LogP contribution in [0.5, 0.6) is 11.5 Å². The van der Waals surface area contributed by atoms with Crippen molar-refractivity contribution in [1.29, 1.82) is 0 Å². The monoisotopic (exact) mass is 252 g/mol. The Morgan fingerprint density at radius 1 is 1.17 bits per heavy atom. The molecule has 1 N–H and O–H groups in total. The number of benzene rings is 1. The topological polar surface area (TPSA) is 43.0 Å². The van der Waals surface area contributed by atoms with Crippen molar-refractivity contribution in [3.05, 3.63) is 12.1 Å². The molecular weight excluding hydrogens is 232 g/mol. The van der Waals surface area contributed by atoms with Crippen molar-refractivity contribution in [3.63, 3.8) is 0 Å². The third kappa shape index (κ3) is 2.46. The van der Waals surface area contributed by atoms with Gasteiger partial charge < -0.3 is 24.4 Å². The van der Waals surface area contributed by atoms with E-state index in [0.717, 1.165) is 42.5 Å². The van der Waals surface area contributed by atoms with Gasteiger partial charge in [0.1, 0.15) is 0 Å². The van der Waals surface area contributed by atoms with Gasteiger partial charge in [-0.15, -0.1) is 0 Å². The lowest BCUT2D eigenvalue weighted by Gasteiger charge is -2.32. The predicted molar refractivity (Wildman–Crippen MR) is 72.1 cm³/mol. The summed E-state index contributed by atoms with van der Waals surface area (Å²) < 4.78 is 15.8. The molecule has 0 aliphatic carbocycles. The molecule has 0 fully saturated rings. The van der Waals surface area contributed by atoms with E-state index in [-0.39, 0.29) is 0 Å². The third-order valence-electron chi connectivity index (χ3n) is 3.11. The van der Waals surface area contributed by atoms with Crippen molar-refractivity contribution in [2.75, 3.05) is 57.8 Å². The molecule has 5 heteroatoms. The van der Waals surface area contributed by atoms with Crippen LogP contribution >= 0.6 is 0 Å². The molecule has 1 aliphatic heterocycles. The minimum atomic E-state index is 0.716. The van der Waals surface area contributed by atoms with E-state index >= 15 is 0 Å². The number of fused-ring (bicyclic) bond motifs is 1. The summed E-state index contributed by atoms with van der Waals surface area (Å²) in [6.07, 6.45) is 0. The Labute approximate surface area is 108 Å². The van der Waals surface area contributed by atoms with Gasteiger partial charge in [-0.3, -0.25) is 0 Å². The van der Waals surface area contributed by atoms with Crippen molar-refractivity contribution in [1.82, 2.24) is 0 Å². The standard InChI is InChI=1S/C13H20N2O3/c1-16-7-6-15-5-4-14-10-8-12(17-2)13(18-3)9-11(10)15/h8-9,14H,4-7H2,1-3H3. The van der Waals surface area contributed by atoms with E-state index in [1.165, 1.54) is 0 Å². The van der Waals surface area contributed by atoms with Gasteiger partial charge >= 0.3 is 0 Å². The third-order valence-corrected chi connectivity index (χ3v) is 3.11. The number of hydrogen-bond donors (Lipinski definition) is 1. The van der Waals surface area contributed by atoms with Gasteiger partial charge in [0.2, 0.25) is 0 Å². The predicted octanol–water partition coefficient (Wildman–Crippen LogP) is 1.58. The largest absolute Gasteiger partial charge is 0.493 e. The van der Waals surface area contributed by atoms with E-state index < -0.39 is 0 Å². The number of anilines is 2. The minimum absolute atomic E-state index is 0.716. The van der Waals surface area contributed by atoms with E-state index in [9.17, 15) is 0 Å². The van der Waals surface area contributed by atoms with E-state index in [1.807, 2.05) is 12.1 Å². The highest BCUT2D eigenvalue weighted by atomic mass is 16.5. The zero-order chi connectivity index (χ0) is 13.0. The molecule has 0 atom stereocenters. The van der Waals surface area contributed by atoms with Gasteiger partial charge in [-0.05, 0) is 0 Å². The summed E-state index contributed by atoms with van der Waals surface area (Å²) in [5.41, 5.74) is 2.21. The van der Waals surface area contributed by atoms with Crippen molar-refractivity contribution in [3.8, 4) is 11.5 Å². The van der Waals surface area contributed by atoms with Crippen molar-refractivity contribution >= 4 is 11.4 Å². The van der Waals surface area contributed by atoms with Crippen molar-refractivity contribution < 1.29 is 14.2 Å². The molecule has 0 saturated carbocycles. The summed E-state index contributed by atoms with van der Waals surface area (Å²) in [5, 5.41) is 3.38. The maximum Gasteiger partial charge on any atom is 0.162 e. The molecule has 2 rings (SSSR count). The molecule has 0 spiro atoms. The second-order valence-corrected chi connectivity index (χ2v) is 4.13. The zero-order valence-electron chi connectivity index (χ0n) is 11.2. The second kappa shape index (κ2) is 5.82. The number of methoxy groups -OCH3 is 3. The molecule has 0 amide bonds. The van der Waals surface area contributed by atoms with Crippen LogP contribution in [0.2, 0.25) is 0 Å². The quantitative estimate of drug-likeness (QED) is 0.862. The first-order valence-electron chi connectivity index (χ1n) is 6.04. The fourth-order valence-electron chi connectivity index (χ4n) is 2.15. The van der Waals surface area contributed by atoms with Gasteiger partial charge in [0.25, 0.3) is 0 Å². The lowest BCUT2D eigenvalue weighted by Crippen LogP contribution is -2.36. The van der Waals surface area contributed by atoms with Gasteiger partial charge in [-0.2, -0.15) is 0 Å². The Bertz CT molecular complexity index is 409. The van der Waals surface area contributed by atoms with E-state index in [4.69, 9.17) is 14.2 Å². The van der Waals surface area contributed by atoms with Crippen LogP contribution in [0.15, 0.2) is 12.1 Å². The minimum Gasteiger partial charge on any atom is -0.493 e.